The molecule has 0 aliphatic rings. The summed E-state index contributed by atoms with van der Waals surface area (Å²) in [5, 5.41) is 23.0. The summed E-state index contributed by atoms with van der Waals surface area (Å²) < 4.78 is 26.2. The number of phenols is 1. The molecule has 0 saturated heterocycles. The van der Waals surface area contributed by atoms with Crippen LogP contribution >= 0.6 is 35.0 Å². The number of benzene rings is 3. The summed E-state index contributed by atoms with van der Waals surface area (Å²) >= 11 is 13.7. The molecule has 0 heterocycles. The van der Waals surface area contributed by atoms with E-state index in [1.165, 1.54) is 48.2 Å². The van der Waals surface area contributed by atoms with Crippen molar-refractivity contribution in [2.24, 2.45) is 0 Å². The van der Waals surface area contributed by atoms with Crippen molar-refractivity contribution >= 4 is 68.0 Å². The molecule has 12 heteroatoms. The summed E-state index contributed by atoms with van der Waals surface area (Å²) in [7, 11) is -4.00. The van der Waals surface area contributed by atoms with E-state index in [9.17, 15) is 23.1 Å². The van der Waals surface area contributed by atoms with Crippen LogP contribution in [-0.2, 0) is 14.6 Å². The standard InChI is InChI=1S/C25H21Cl2N3O5S2/c1-3-23(37(34,35)17-8-6-16(36-2)7-9-17)25(33)29-20-12-22(31)21(11-19(20)27)30-24(32)14-4-5-15(13-28)18(26)10-14/h4-12,23,31H,3H2,1-2H3,(H,29,33)(H,30,32). The largest absolute Gasteiger partial charge is 0.506 e. The monoisotopic (exact) mass is 577 g/mol. The fourth-order valence-corrected chi connectivity index (χ4v) is 5.85. The molecule has 0 spiro atoms. The summed E-state index contributed by atoms with van der Waals surface area (Å²) in [6.07, 6.45) is 1.87. The van der Waals surface area contributed by atoms with E-state index in [0.717, 1.165) is 11.0 Å². The van der Waals surface area contributed by atoms with Gasteiger partial charge in [0.2, 0.25) is 5.91 Å². The predicted octanol–water partition coefficient (Wildman–Crippen LogP) is 5.74. The Morgan fingerprint density at radius 1 is 1.03 bits per heavy atom. The molecule has 192 valence electrons. The molecule has 1 atom stereocenters. The average Bonchev–Trinajstić information content (AvgIpc) is 2.87. The lowest BCUT2D eigenvalue weighted by molar-refractivity contribution is -0.115. The van der Waals surface area contributed by atoms with E-state index in [-0.39, 0.29) is 43.9 Å². The number of hydrogen-bond acceptors (Lipinski definition) is 7. The quantitative estimate of drug-likeness (QED) is 0.229. The van der Waals surface area contributed by atoms with Gasteiger partial charge in [0.15, 0.2) is 9.84 Å². The van der Waals surface area contributed by atoms with Gasteiger partial charge in [0, 0.05) is 16.5 Å². The van der Waals surface area contributed by atoms with Gasteiger partial charge in [-0.25, -0.2) is 8.42 Å². The van der Waals surface area contributed by atoms with Gasteiger partial charge in [0.1, 0.15) is 17.1 Å². The van der Waals surface area contributed by atoms with E-state index in [4.69, 9.17) is 28.5 Å². The topological polar surface area (TPSA) is 136 Å². The van der Waals surface area contributed by atoms with Gasteiger partial charge in [0.05, 0.1) is 31.9 Å². The third-order valence-electron chi connectivity index (χ3n) is 5.37. The number of carbonyl (C=O) groups excluding carboxylic acids is 2. The zero-order valence-electron chi connectivity index (χ0n) is 19.6. The van der Waals surface area contributed by atoms with Crippen molar-refractivity contribution in [3.8, 4) is 11.8 Å². The van der Waals surface area contributed by atoms with Crippen LogP contribution in [0.1, 0.15) is 29.3 Å². The van der Waals surface area contributed by atoms with Gasteiger partial charge >= 0.3 is 0 Å². The van der Waals surface area contributed by atoms with E-state index in [0.29, 0.717) is 0 Å². The average molecular weight is 578 g/mol. The van der Waals surface area contributed by atoms with Crippen LogP contribution in [-0.4, -0.2) is 36.8 Å². The van der Waals surface area contributed by atoms with Crippen molar-refractivity contribution in [2.75, 3.05) is 16.9 Å². The van der Waals surface area contributed by atoms with Gasteiger partial charge in [-0.3, -0.25) is 9.59 Å². The molecule has 8 nitrogen and oxygen atoms in total. The lowest BCUT2D eigenvalue weighted by atomic mass is 10.1. The lowest BCUT2D eigenvalue weighted by Gasteiger charge is -2.18. The smallest absolute Gasteiger partial charge is 0.255 e. The number of halogens is 2. The number of sulfone groups is 1. The van der Waals surface area contributed by atoms with Gasteiger partial charge in [-0.2, -0.15) is 5.26 Å². The number of carbonyl (C=O) groups is 2. The summed E-state index contributed by atoms with van der Waals surface area (Å²) in [6.45, 7) is 1.57. The van der Waals surface area contributed by atoms with Crippen LogP contribution in [0.2, 0.25) is 10.0 Å². The van der Waals surface area contributed by atoms with Crippen LogP contribution in [0.25, 0.3) is 0 Å². The molecule has 37 heavy (non-hydrogen) atoms. The summed E-state index contributed by atoms with van der Waals surface area (Å²) in [4.78, 5) is 26.4. The third kappa shape index (κ3) is 6.37. The maximum Gasteiger partial charge on any atom is 0.255 e. The van der Waals surface area contributed by atoms with Crippen LogP contribution in [0.3, 0.4) is 0 Å². The SMILES string of the molecule is CCC(C(=O)Nc1cc(O)c(NC(=O)c2ccc(C#N)c(Cl)c2)cc1Cl)S(=O)(=O)c1ccc(SC)cc1. The number of thioether (sulfide) groups is 1. The highest BCUT2D eigenvalue weighted by Crippen LogP contribution is 2.35. The van der Waals surface area contributed by atoms with E-state index >= 15 is 0 Å². The maximum atomic E-state index is 13.1. The number of amides is 2. The predicted molar refractivity (Wildman–Crippen MR) is 145 cm³/mol. The molecule has 0 aliphatic carbocycles. The zero-order chi connectivity index (χ0) is 27.3. The summed E-state index contributed by atoms with van der Waals surface area (Å²) in [6, 6.07) is 14.5. The first-order valence-corrected chi connectivity index (χ1v) is 14.3. The number of nitrogens with zero attached hydrogens (tertiary/aromatic N) is 1. The van der Waals surface area contributed by atoms with E-state index in [1.54, 1.807) is 19.1 Å². The number of hydrogen-bond donors (Lipinski definition) is 3. The van der Waals surface area contributed by atoms with Crippen molar-refractivity contribution in [3.05, 3.63) is 75.8 Å². The van der Waals surface area contributed by atoms with Crippen molar-refractivity contribution in [3.63, 3.8) is 0 Å². The van der Waals surface area contributed by atoms with Gasteiger partial charge in [-0.05, 0) is 61.2 Å². The Kier molecular flexibility index (Phi) is 9.10. The van der Waals surface area contributed by atoms with Crippen molar-refractivity contribution in [2.45, 2.75) is 28.4 Å². The Morgan fingerprint density at radius 3 is 2.27 bits per heavy atom. The van der Waals surface area contributed by atoms with Crippen molar-refractivity contribution in [1.29, 1.82) is 5.26 Å². The number of phenolic OH excluding ortho intramolecular Hbond substituents is 1. The Balaban J connectivity index is 1.80. The van der Waals surface area contributed by atoms with Crippen LogP contribution in [0, 0.1) is 11.3 Å². The number of nitriles is 1. The minimum Gasteiger partial charge on any atom is -0.506 e. The summed E-state index contributed by atoms with van der Waals surface area (Å²) in [5.74, 6) is -1.86. The second kappa shape index (κ2) is 11.9. The number of rotatable bonds is 8. The molecule has 0 aliphatic heterocycles. The molecule has 3 N–H and O–H groups in total. The normalized spacial score (nSPS) is 11.9. The first-order valence-electron chi connectivity index (χ1n) is 10.7. The number of aromatic hydroxyl groups is 1. The zero-order valence-corrected chi connectivity index (χ0v) is 22.7. The Morgan fingerprint density at radius 2 is 1.70 bits per heavy atom. The van der Waals surface area contributed by atoms with Crippen LogP contribution in [0.4, 0.5) is 11.4 Å². The minimum absolute atomic E-state index is 0.00331. The third-order valence-corrected chi connectivity index (χ3v) is 8.96. The van der Waals surface area contributed by atoms with Gasteiger partial charge in [-0.1, -0.05) is 30.1 Å². The van der Waals surface area contributed by atoms with Crippen LogP contribution in [0.15, 0.2) is 64.4 Å². The van der Waals surface area contributed by atoms with E-state index in [2.05, 4.69) is 10.6 Å². The molecular weight excluding hydrogens is 557 g/mol. The molecular formula is C25H21Cl2N3O5S2. The minimum atomic E-state index is -4.00. The second-order valence-electron chi connectivity index (χ2n) is 7.72. The fraction of sp³-hybridized carbons (Fsp3) is 0.160. The van der Waals surface area contributed by atoms with Crippen molar-refractivity contribution < 1.29 is 23.1 Å². The van der Waals surface area contributed by atoms with Gasteiger partial charge in [0.25, 0.3) is 5.91 Å². The lowest BCUT2D eigenvalue weighted by Crippen LogP contribution is -2.34. The fourth-order valence-electron chi connectivity index (χ4n) is 3.39. The molecule has 0 radical (unpaired) electrons. The van der Waals surface area contributed by atoms with Crippen LogP contribution < -0.4 is 10.6 Å². The maximum absolute atomic E-state index is 13.1. The van der Waals surface area contributed by atoms with Gasteiger partial charge < -0.3 is 15.7 Å². The Bertz CT molecular complexity index is 1500. The second-order valence-corrected chi connectivity index (χ2v) is 11.5. The van der Waals surface area contributed by atoms with E-state index < -0.39 is 32.7 Å². The molecule has 0 saturated carbocycles. The molecule has 0 fully saturated rings. The van der Waals surface area contributed by atoms with Gasteiger partial charge in [-0.15, -0.1) is 11.8 Å². The molecule has 0 aromatic heterocycles. The highest BCUT2D eigenvalue weighted by molar-refractivity contribution is 7.98. The van der Waals surface area contributed by atoms with Crippen LogP contribution in [0.5, 0.6) is 5.75 Å². The van der Waals surface area contributed by atoms with E-state index in [1.807, 2.05) is 12.3 Å². The first-order chi connectivity index (χ1) is 17.5. The molecule has 3 aromatic rings. The highest BCUT2D eigenvalue weighted by Gasteiger charge is 2.33. The number of anilines is 2. The van der Waals surface area contributed by atoms with Crippen molar-refractivity contribution in [1.82, 2.24) is 0 Å². The first kappa shape index (κ1) is 28.3. The highest BCUT2D eigenvalue weighted by atomic mass is 35.5. The molecule has 0 bridgehead atoms. The molecule has 3 aromatic carbocycles. The number of nitrogens with one attached hydrogen (secondary N) is 2. The molecule has 1 unspecified atom stereocenters. The Hall–Kier alpha value is -3.23. The Labute approximate surface area is 228 Å². The molecule has 3 rings (SSSR count). The molecule has 2 amide bonds. The summed E-state index contributed by atoms with van der Waals surface area (Å²) in [5.41, 5.74) is 0.254.